The molecule has 0 saturated heterocycles. The molecule has 0 atom stereocenters. The number of nitrogens with zero attached hydrogens (tertiary/aromatic N) is 4. The van der Waals surface area contributed by atoms with Gasteiger partial charge in [-0.1, -0.05) is 0 Å². The van der Waals surface area contributed by atoms with E-state index in [-0.39, 0.29) is 5.91 Å². The highest BCUT2D eigenvalue weighted by Gasteiger charge is 2.12. The van der Waals surface area contributed by atoms with Crippen LogP contribution in [0.5, 0.6) is 0 Å². The Morgan fingerprint density at radius 1 is 1.31 bits per heavy atom. The van der Waals surface area contributed by atoms with E-state index in [1.807, 2.05) is 19.1 Å². The van der Waals surface area contributed by atoms with Gasteiger partial charge < -0.3 is 10.1 Å². The SMILES string of the molecule is CCOCCCNC(=O)c1cc(-c2ccc(C)s2)cc(-n2cnnn2)c1. The van der Waals surface area contributed by atoms with Crippen molar-refractivity contribution in [3.63, 3.8) is 0 Å². The van der Waals surface area contributed by atoms with Gasteiger partial charge in [0.05, 0.1) is 5.69 Å². The number of nitrogens with one attached hydrogen (secondary N) is 1. The molecule has 3 rings (SSSR count). The minimum absolute atomic E-state index is 0.119. The summed E-state index contributed by atoms with van der Waals surface area (Å²) in [5.41, 5.74) is 2.30. The van der Waals surface area contributed by atoms with E-state index in [4.69, 9.17) is 4.74 Å². The molecule has 0 bridgehead atoms. The fourth-order valence-electron chi connectivity index (χ4n) is 2.51. The number of ether oxygens (including phenoxy) is 1. The lowest BCUT2D eigenvalue weighted by molar-refractivity contribution is 0.0944. The van der Waals surface area contributed by atoms with Crippen LogP contribution in [0.2, 0.25) is 0 Å². The second kappa shape index (κ2) is 8.68. The van der Waals surface area contributed by atoms with Crippen LogP contribution in [-0.2, 0) is 4.74 Å². The highest BCUT2D eigenvalue weighted by Crippen LogP contribution is 2.30. The smallest absolute Gasteiger partial charge is 0.251 e. The normalized spacial score (nSPS) is 10.8. The number of carbonyl (C=O) groups is 1. The summed E-state index contributed by atoms with van der Waals surface area (Å²) in [7, 11) is 0. The molecule has 2 heterocycles. The molecule has 1 aromatic carbocycles. The Labute approximate surface area is 156 Å². The highest BCUT2D eigenvalue weighted by molar-refractivity contribution is 7.15. The summed E-state index contributed by atoms with van der Waals surface area (Å²) in [4.78, 5) is 14.9. The summed E-state index contributed by atoms with van der Waals surface area (Å²) in [6.45, 7) is 5.91. The molecule has 0 radical (unpaired) electrons. The second-order valence-corrected chi connectivity index (χ2v) is 7.03. The Morgan fingerprint density at radius 2 is 2.19 bits per heavy atom. The fraction of sp³-hybridized carbons (Fsp3) is 0.333. The van der Waals surface area contributed by atoms with E-state index < -0.39 is 0 Å². The average Bonchev–Trinajstić information content (AvgIpc) is 3.33. The number of rotatable bonds is 8. The van der Waals surface area contributed by atoms with E-state index in [1.165, 1.54) is 11.2 Å². The van der Waals surface area contributed by atoms with Crippen LogP contribution in [0.1, 0.15) is 28.6 Å². The van der Waals surface area contributed by atoms with Gasteiger partial charge in [0.2, 0.25) is 0 Å². The zero-order valence-corrected chi connectivity index (χ0v) is 15.6. The molecule has 7 nitrogen and oxygen atoms in total. The number of hydrogen-bond acceptors (Lipinski definition) is 6. The predicted molar refractivity (Wildman–Crippen MR) is 101 cm³/mol. The molecule has 0 aliphatic heterocycles. The van der Waals surface area contributed by atoms with Gasteiger partial charge in [-0.2, -0.15) is 0 Å². The van der Waals surface area contributed by atoms with Crippen LogP contribution in [0.25, 0.3) is 16.1 Å². The van der Waals surface area contributed by atoms with Gasteiger partial charge in [-0.15, -0.1) is 16.4 Å². The van der Waals surface area contributed by atoms with Crippen LogP contribution < -0.4 is 5.32 Å². The van der Waals surface area contributed by atoms with Gasteiger partial charge in [0.25, 0.3) is 5.91 Å². The predicted octanol–water partition coefficient (Wildman–Crippen LogP) is 2.86. The van der Waals surface area contributed by atoms with Crippen molar-refractivity contribution in [1.29, 1.82) is 0 Å². The third kappa shape index (κ3) is 4.53. The molecular formula is C18H21N5O2S. The molecule has 0 aliphatic carbocycles. The van der Waals surface area contributed by atoms with Crippen molar-refractivity contribution in [1.82, 2.24) is 25.5 Å². The third-order valence-corrected chi connectivity index (χ3v) is 4.82. The van der Waals surface area contributed by atoms with Gasteiger partial charge in [-0.3, -0.25) is 4.79 Å². The topological polar surface area (TPSA) is 81.9 Å². The summed E-state index contributed by atoms with van der Waals surface area (Å²) < 4.78 is 6.84. The van der Waals surface area contributed by atoms with Gasteiger partial charge in [-0.25, -0.2) is 4.68 Å². The van der Waals surface area contributed by atoms with Crippen LogP contribution in [0.3, 0.4) is 0 Å². The van der Waals surface area contributed by atoms with Crippen molar-refractivity contribution in [2.75, 3.05) is 19.8 Å². The number of hydrogen-bond donors (Lipinski definition) is 1. The quantitative estimate of drug-likeness (QED) is 0.616. The van der Waals surface area contributed by atoms with E-state index in [0.717, 1.165) is 22.5 Å². The molecule has 26 heavy (non-hydrogen) atoms. The Hall–Kier alpha value is -2.58. The summed E-state index contributed by atoms with van der Waals surface area (Å²) in [5.74, 6) is -0.119. The standard InChI is InChI=1S/C18H21N5O2S/c1-3-25-8-4-7-19-18(24)15-9-14(17-6-5-13(2)26-17)10-16(11-15)23-12-20-21-22-23/h5-6,9-12H,3-4,7-8H2,1-2H3,(H,19,24). The van der Waals surface area contributed by atoms with Gasteiger partial charge >= 0.3 is 0 Å². The van der Waals surface area contributed by atoms with Crippen molar-refractivity contribution >= 4 is 17.2 Å². The lowest BCUT2D eigenvalue weighted by Gasteiger charge is -2.09. The maximum Gasteiger partial charge on any atom is 0.251 e. The Morgan fingerprint density at radius 3 is 2.88 bits per heavy atom. The van der Waals surface area contributed by atoms with E-state index in [1.54, 1.807) is 22.1 Å². The zero-order valence-electron chi connectivity index (χ0n) is 14.8. The molecular weight excluding hydrogens is 350 g/mol. The Balaban J connectivity index is 1.84. The van der Waals surface area contributed by atoms with E-state index in [0.29, 0.717) is 25.3 Å². The number of amides is 1. The molecule has 0 unspecified atom stereocenters. The molecule has 136 valence electrons. The molecule has 8 heteroatoms. The molecule has 2 aromatic heterocycles. The van der Waals surface area contributed by atoms with Crippen LogP contribution in [0.15, 0.2) is 36.7 Å². The average molecular weight is 371 g/mol. The van der Waals surface area contributed by atoms with Crippen LogP contribution in [0, 0.1) is 6.92 Å². The first-order chi connectivity index (χ1) is 12.7. The first kappa shape index (κ1) is 18.2. The Bertz CT molecular complexity index is 860. The zero-order chi connectivity index (χ0) is 18.4. The third-order valence-electron chi connectivity index (χ3n) is 3.77. The van der Waals surface area contributed by atoms with Crippen LogP contribution >= 0.6 is 11.3 Å². The van der Waals surface area contributed by atoms with Crippen molar-refractivity contribution in [2.45, 2.75) is 20.3 Å². The number of tetrazole rings is 1. The number of benzene rings is 1. The maximum absolute atomic E-state index is 12.6. The molecule has 1 amide bonds. The Kier molecular flexibility index (Phi) is 6.08. The fourth-order valence-corrected chi connectivity index (χ4v) is 3.36. The summed E-state index contributed by atoms with van der Waals surface area (Å²) >= 11 is 1.68. The largest absolute Gasteiger partial charge is 0.382 e. The number of aryl methyl sites for hydroxylation is 1. The molecule has 0 fully saturated rings. The van der Waals surface area contributed by atoms with E-state index in [9.17, 15) is 4.79 Å². The number of thiophene rings is 1. The monoisotopic (exact) mass is 371 g/mol. The van der Waals surface area contributed by atoms with Crippen LogP contribution in [0.4, 0.5) is 0 Å². The number of aromatic nitrogens is 4. The molecule has 1 N–H and O–H groups in total. The first-order valence-corrected chi connectivity index (χ1v) is 9.30. The molecule has 0 aliphatic rings. The first-order valence-electron chi connectivity index (χ1n) is 8.48. The molecule has 0 spiro atoms. The number of carbonyl (C=O) groups excluding carboxylic acids is 1. The molecule has 3 aromatic rings. The van der Waals surface area contributed by atoms with Crippen molar-refractivity contribution in [2.24, 2.45) is 0 Å². The van der Waals surface area contributed by atoms with Gasteiger partial charge in [0.15, 0.2) is 0 Å². The van der Waals surface area contributed by atoms with Crippen LogP contribution in [-0.4, -0.2) is 45.9 Å². The minimum atomic E-state index is -0.119. The second-order valence-electron chi connectivity index (χ2n) is 5.74. The minimum Gasteiger partial charge on any atom is -0.382 e. The van der Waals surface area contributed by atoms with E-state index in [2.05, 4.69) is 39.9 Å². The highest BCUT2D eigenvalue weighted by atomic mass is 32.1. The summed E-state index contributed by atoms with van der Waals surface area (Å²) in [6.07, 6.45) is 2.30. The summed E-state index contributed by atoms with van der Waals surface area (Å²) in [5, 5.41) is 14.2. The van der Waals surface area contributed by atoms with Crippen molar-refractivity contribution < 1.29 is 9.53 Å². The van der Waals surface area contributed by atoms with E-state index >= 15 is 0 Å². The lowest BCUT2D eigenvalue weighted by Crippen LogP contribution is -2.25. The van der Waals surface area contributed by atoms with Crippen molar-refractivity contribution in [3.05, 3.63) is 47.1 Å². The molecule has 0 saturated carbocycles. The van der Waals surface area contributed by atoms with Crippen molar-refractivity contribution in [3.8, 4) is 16.1 Å². The summed E-state index contributed by atoms with van der Waals surface area (Å²) in [6, 6.07) is 9.79. The van der Waals surface area contributed by atoms with Gasteiger partial charge in [-0.05, 0) is 66.6 Å². The lowest BCUT2D eigenvalue weighted by atomic mass is 10.1. The van der Waals surface area contributed by atoms with Gasteiger partial charge in [0, 0.05) is 35.1 Å². The maximum atomic E-state index is 12.6. The van der Waals surface area contributed by atoms with Gasteiger partial charge in [0.1, 0.15) is 6.33 Å².